The summed E-state index contributed by atoms with van der Waals surface area (Å²) in [5.74, 6) is -2.99. The number of ketones is 1. The van der Waals surface area contributed by atoms with Crippen molar-refractivity contribution in [1.82, 2.24) is 0 Å². The molecule has 0 spiro atoms. The van der Waals surface area contributed by atoms with Gasteiger partial charge >= 0.3 is 5.92 Å². The van der Waals surface area contributed by atoms with Crippen molar-refractivity contribution in [2.45, 2.75) is 18.8 Å². The zero-order valence-corrected chi connectivity index (χ0v) is 7.29. The Kier molecular flexibility index (Phi) is 1.90. The van der Waals surface area contributed by atoms with Crippen LogP contribution in [0.5, 0.6) is 0 Å². The lowest BCUT2D eigenvalue weighted by Gasteiger charge is -2.27. The van der Waals surface area contributed by atoms with Crippen LogP contribution in [-0.2, 0) is 4.79 Å². The van der Waals surface area contributed by atoms with Crippen molar-refractivity contribution in [2.75, 3.05) is 11.5 Å². The van der Waals surface area contributed by atoms with Gasteiger partial charge in [-0.25, -0.2) is 0 Å². The molecule has 2 fully saturated rings. The van der Waals surface area contributed by atoms with Gasteiger partial charge in [0.05, 0.1) is 5.92 Å². The molecule has 0 unspecified atom stereocenters. The van der Waals surface area contributed by atoms with Gasteiger partial charge in [0.25, 0.3) is 0 Å². The number of thioether (sulfide) groups is 1. The number of alkyl halides is 2. The Hall–Kier alpha value is -0.120. The molecule has 1 saturated heterocycles. The van der Waals surface area contributed by atoms with Crippen LogP contribution in [0.4, 0.5) is 8.78 Å². The minimum absolute atomic E-state index is 0.143. The first kappa shape index (κ1) is 8.48. The molecule has 1 aliphatic heterocycles. The largest absolute Gasteiger partial charge is 0.311 e. The Labute approximate surface area is 73.9 Å². The molecule has 0 aromatic rings. The van der Waals surface area contributed by atoms with E-state index in [9.17, 15) is 13.6 Å². The van der Waals surface area contributed by atoms with E-state index in [2.05, 4.69) is 0 Å². The highest BCUT2D eigenvalue weighted by molar-refractivity contribution is 8.00. The Bertz CT molecular complexity index is 209. The van der Waals surface area contributed by atoms with Crippen molar-refractivity contribution >= 4 is 17.5 Å². The first-order chi connectivity index (χ1) is 5.62. The first-order valence-electron chi connectivity index (χ1n) is 3.97. The van der Waals surface area contributed by atoms with E-state index in [4.69, 9.17) is 0 Å². The van der Waals surface area contributed by atoms with Crippen molar-refractivity contribution in [1.29, 1.82) is 0 Å². The molecular weight excluding hydrogens is 182 g/mol. The number of carbonyl (C=O) groups excluding carboxylic acids is 1. The Morgan fingerprint density at radius 2 is 2.00 bits per heavy atom. The molecule has 1 aliphatic carbocycles. The summed E-state index contributed by atoms with van der Waals surface area (Å²) in [4.78, 5) is 11.1. The van der Waals surface area contributed by atoms with Crippen molar-refractivity contribution < 1.29 is 13.6 Å². The number of hydrogen-bond donors (Lipinski definition) is 0. The standard InChI is InChI=1S/C8H9F2OS/c9-8(10,6-1-2-6)7(11)5-3-12-4-5/h5H,1-4H2. The molecule has 1 nitrogen and oxygen atoms in total. The summed E-state index contributed by atoms with van der Waals surface area (Å²) < 4.78 is 26.2. The van der Waals surface area contributed by atoms with Crippen LogP contribution >= 0.6 is 11.8 Å². The normalized spacial score (nSPS) is 25.2. The molecule has 1 heterocycles. The van der Waals surface area contributed by atoms with Gasteiger partial charge in [-0.2, -0.15) is 20.5 Å². The summed E-state index contributed by atoms with van der Waals surface area (Å²) in [6, 6.07) is 0. The average molecular weight is 191 g/mol. The maximum Gasteiger partial charge on any atom is 0.311 e. The minimum atomic E-state index is -3.09. The molecule has 0 aromatic heterocycles. The molecule has 2 aliphatic rings. The predicted octanol–water partition coefficient (Wildman–Crippen LogP) is 1.92. The third kappa shape index (κ3) is 1.26. The van der Waals surface area contributed by atoms with Gasteiger partial charge < -0.3 is 0 Å². The second-order valence-electron chi connectivity index (χ2n) is 3.28. The monoisotopic (exact) mass is 191 g/mol. The molecule has 0 atom stereocenters. The van der Waals surface area contributed by atoms with Gasteiger partial charge in [-0.1, -0.05) is 0 Å². The van der Waals surface area contributed by atoms with Gasteiger partial charge in [-0.15, -0.1) is 0 Å². The number of carbonyl (C=O) groups is 1. The van der Waals surface area contributed by atoms with E-state index in [0.717, 1.165) is 0 Å². The molecule has 0 amide bonds. The van der Waals surface area contributed by atoms with E-state index in [1.807, 2.05) is 0 Å². The topological polar surface area (TPSA) is 17.1 Å². The highest BCUT2D eigenvalue weighted by atomic mass is 32.2. The number of Topliss-reactive ketones (excluding diaryl/α,β-unsaturated/α-hetero) is 1. The van der Waals surface area contributed by atoms with E-state index in [-0.39, 0.29) is 11.8 Å². The minimum Gasteiger partial charge on any atom is -0.293 e. The summed E-state index contributed by atoms with van der Waals surface area (Å²) in [6.07, 6.45) is 0.886. The highest BCUT2D eigenvalue weighted by Gasteiger charge is 2.55. The average Bonchev–Trinajstić information content (AvgIpc) is 2.62. The van der Waals surface area contributed by atoms with E-state index in [1.54, 1.807) is 11.8 Å². The van der Waals surface area contributed by atoms with E-state index >= 15 is 0 Å². The van der Waals surface area contributed by atoms with Crippen molar-refractivity contribution in [3.63, 3.8) is 0 Å². The Balaban J connectivity index is 2.00. The summed E-state index contributed by atoms with van der Waals surface area (Å²) in [7, 11) is 0. The lowest BCUT2D eigenvalue weighted by molar-refractivity contribution is -0.142. The first-order valence-corrected chi connectivity index (χ1v) is 5.13. The van der Waals surface area contributed by atoms with Crippen molar-refractivity contribution in [3.05, 3.63) is 5.92 Å². The Morgan fingerprint density at radius 1 is 1.42 bits per heavy atom. The van der Waals surface area contributed by atoms with Crippen LogP contribution in [0, 0.1) is 11.8 Å². The molecular formula is C8H9F2OS. The Morgan fingerprint density at radius 3 is 2.33 bits per heavy atom. The maximum absolute atomic E-state index is 13.1. The molecule has 0 aromatic carbocycles. The van der Waals surface area contributed by atoms with Crippen LogP contribution < -0.4 is 0 Å². The van der Waals surface area contributed by atoms with Crippen LogP contribution in [0.3, 0.4) is 0 Å². The fourth-order valence-electron chi connectivity index (χ4n) is 1.19. The van der Waals surface area contributed by atoms with E-state index in [1.165, 1.54) is 0 Å². The lowest BCUT2D eigenvalue weighted by Crippen LogP contribution is -2.41. The molecule has 0 N–H and O–H groups in total. The van der Waals surface area contributed by atoms with Crippen LogP contribution in [-0.4, -0.2) is 23.2 Å². The summed E-state index contributed by atoms with van der Waals surface area (Å²) in [6.45, 7) is 0. The molecule has 0 bridgehead atoms. The molecule has 67 valence electrons. The van der Waals surface area contributed by atoms with Gasteiger partial charge in [-0.05, 0) is 12.8 Å². The van der Waals surface area contributed by atoms with Crippen LogP contribution in [0.2, 0.25) is 0 Å². The van der Waals surface area contributed by atoms with Gasteiger partial charge in [0.15, 0.2) is 0 Å². The van der Waals surface area contributed by atoms with Crippen LogP contribution in [0.25, 0.3) is 0 Å². The third-order valence-electron chi connectivity index (χ3n) is 2.26. The quantitative estimate of drug-likeness (QED) is 0.678. The van der Waals surface area contributed by atoms with Crippen molar-refractivity contribution in [2.24, 2.45) is 5.92 Å². The van der Waals surface area contributed by atoms with E-state index < -0.39 is 11.7 Å². The maximum atomic E-state index is 13.1. The summed E-state index contributed by atoms with van der Waals surface area (Å²) in [5.41, 5.74) is 0. The zero-order valence-electron chi connectivity index (χ0n) is 6.48. The van der Waals surface area contributed by atoms with Gasteiger partial charge in [0.1, 0.15) is 0 Å². The lowest BCUT2D eigenvalue weighted by atomic mass is 9.99. The summed E-state index contributed by atoms with van der Waals surface area (Å²) >= 11 is 1.56. The SMILES string of the molecule is O=C(C1CSC1)C(F)(F)[C]1CC1. The second kappa shape index (κ2) is 2.69. The zero-order chi connectivity index (χ0) is 8.77. The number of rotatable bonds is 3. The van der Waals surface area contributed by atoms with Gasteiger partial charge in [0.2, 0.25) is 5.78 Å². The molecule has 4 heteroatoms. The fourth-order valence-corrected chi connectivity index (χ4v) is 1.97. The number of hydrogen-bond acceptors (Lipinski definition) is 2. The molecule has 12 heavy (non-hydrogen) atoms. The number of halogens is 2. The third-order valence-corrected chi connectivity index (χ3v) is 3.54. The van der Waals surface area contributed by atoms with Gasteiger partial charge in [-0.3, -0.25) is 4.79 Å². The summed E-state index contributed by atoms with van der Waals surface area (Å²) in [5, 5.41) is 0. The van der Waals surface area contributed by atoms with E-state index in [0.29, 0.717) is 24.3 Å². The smallest absolute Gasteiger partial charge is 0.293 e. The highest BCUT2D eigenvalue weighted by Crippen LogP contribution is 2.48. The second-order valence-corrected chi connectivity index (χ2v) is 4.35. The predicted molar refractivity (Wildman–Crippen MR) is 43.2 cm³/mol. The van der Waals surface area contributed by atoms with Crippen LogP contribution in [0.1, 0.15) is 12.8 Å². The molecule has 1 radical (unpaired) electrons. The van der Waals surface area contributed by atoms with Crippen LogP contribution in [0.15, 0.2) is 0 Å². The molecule has 2 rings (SSSR count). The van der Waals surface area contributed by atoms with Gasteiger partial charge in [0, 0.05) is 17.4 Å². The fraction of sp³-hybridized carbons (Fsp3) is 0.750. The molecule has 1 saturated carbocycles. The van der Waals surface area contributed by atoms with Crippen molar-refractivity contribution in [3.8, 4) is 0 Å².